The van der Waals surface area contributed by atoms with Gasteiger partial charge in [0.2, 0.25) is 0 Å². The molecule has 2 N–H and O–H groups in total. The third-order valence-electron chi connectivity index (χ3n) is 2.13. The van der Waals surface area contributed by atoms with E-state index in [2.05, 4.69) is 15.9 Å². The zero-order chi connectivity index (χ0) is 7.84. The van der Waals surface area contributed by atoms with E-state index in [1.165, 1.54) is 36.1 Å². The lowest BCUT2D eigenvalue weighted by Crippen LogP contribution is -1.97. The number of nitrogens with two attached hydrogens (primary N) is 1. The molecule has 1 nitrogen and oxygen atoms in total. The van der Waals surface area contributed by atoms with E-state index in [-0.39, 0.29) is 0 Å². The van der Waals surface area contributed by atoms with Crippen LogP contribution in [0.5, 0.6) is 0 Å². The van der Waals surface area contributed by atoms with Crippen LogP contribution >= 0.6 is 27.3 Å². The summed E-state index contributed by atoms with van der Waals surface area (Å²) >= 11 is 5.27. The number of rotatable bonds is 0. The summed E-state index contributed by atoms with van der Waals surface area (Å²) in [7, 11) is 0. The average Bonchev–Trinajstić information content (AvgIpc) is 2.30. The van der Waals surface area contributed by atoms with Gasteiger partial charge in [-0.2, -0.15) is 0 Å². The van der Waals surface area contributed by atoms with Gasteiger partial charge in [0.05, 0.1) is 4.47 Å². The van der Waals surface area contributed by atoms with E-state index in [1.54, 1.807) is 11.3 Å². The minimum absolute atomic E-state index is 0.955. The van der Waals surface area contributed by atoms with Crippen LogP contribution in [0.1, 0.15) is 23.3 Å². The second-order valence-electron chi connectivity index (χ2n) is 2.89. The Kier molecular flexibility index (Phi) is 1.93. The number of thiophene rings is 1. The third kappa shape index (κ3) is 1.20. The van der Waals surface area contributed by atoms with Crippen LogP contribution < -0.4 is 5.73 Å². The van der Waals surface area contributed by atoms with Gasteiger partial charge in [0, 0.05) is 4.88 Å². The number of aryl methyl sites for hydroxylation is 1. The number of anilines is 1. The van der Waals surface area contributed by atoms with Gasteiger partial charge in [0.1, 0.15) is 5.00 Å². The van der Waals surface area contributed by atoms with E-state index in [1.807, 2.05) is 0 Å². The highest BCUT2D eigenvalue weighted by atomic mass is 79.9. The molecule has 0 saturated carbocycles. The van der Waals surface area contributed by atoms with Gasteiger partial charge in [-0.1, -0.05) is 0 Å². The van der Waals surface area contributed by atoms with Gasteiger partial charge in [0.25, 0.3) is 0 Å². The van der Waals surface area contributed by atoms with Gasteiger partial charge < -0.3 is 5.73 Å². The van der Waals surface area contributed by atoms with Crippen LogP contribution in [-0.4, -0.2) is 0 Å². The molecule has 1 aliphatic rings. The molecule has 1 aromatic heterocycles. The van der Waals surface area contributed by atoms with Crippen LogP contribution in [0.3, 0.4) is 0 Å². The SMILES string of the molecule is Nc1sc2c(c1Br)CCCC2. The van der Waals surface area contributed by atoms with Crippen molar-refractivity contribution in [2.24, 2.45) is 0 Å². The summed E-state index contributed by atoms with van der Waals surface area (Å²) < 4.78 is 1.16. The molecule has 0 bridgehead atoms. The van der Waals surface area contributed by atoms with Crippen LogP contribution in [-0.2, 0) is 12.8 Å². The van der Waals surface area contributed by atoms with Crippen molar-refractivity contribution in [3.8, 4) is 0 Å². The molecule has 0 spiro atoms. The van der Waals surface area contributed by atoms with Gasteiger partial charge in [-0.05, 0) is 47.2 Å². The fraction of sp³-hybridized carbons (Fsp3) is 0.500. The molecule has 0 aromatic carbocycles. The fourth-order valence-corrected chi connectivity index (χ4v) is 3.41. The standard InChI is InChI=1S/C8H10BrNS/c9-7-5-3-1-2-4-6(5)11-8(7)10/h1-4,10H2. The first kappa shape index (κ1) is 7.62. The summed E-state index contributed by atoms with van der Waals surface area (Å²) in [5, 5.41) is 0.955. The quantitative estimate of drug-likeness (QED) is 0.731. The predicted molar refractivity (Wildman–Crippen MR) is 53.1 cm³/mol. The van der Waals surface area contributed by atoms with E-state index in [9.17, 15) is 0 Å². The van der Waals surface area contributed by atoms with E-state index in [0.717, 1.165) is 9.47 Å². The Morgan fingerprint density at radius 3 is 2.73 bits per heavy atom. The minimum Gasteiger partial charge on any atom is -0.390 e. The maximum absolute atomic E-state index is 5.79. The number of fused-ring (bicyclic) bond motifs is 1. The Bertz CT molecular complexity index is 280. The molecule has 2 rings (SSSR count). The van der Waals surface area contributed by atoms with Crippen molar-refractivity contribution in [2.75, 3.05) is 5.73 Å². The number of hydrogen-bond acceptors (Lipinski definition) is 2. The molecule has 1 aromatic rings. The van der Waals surface area contributed by atoms with E-state index in [4.69, 9.17) is 5.73 Å². The summed E-state index contributed by atoms with van der Waals surface area (Å²) in [6.45, 7) is 0. The molecular weight excluding hydrogens is 222 g/mol. The zero-order valence-corrected chi connectivity index (χ0v) is 8.59. The average molecular weight is 232 g/mol. The van der Waals surface area contributed by atoms with Gasteiger partial charge in [-0.15, -0.1) is 11.3 Å². The van der Waals surface area contributed by atoms with Gasteiger partial charge in [-0.3, -0.25) is 0 Å². The molecule has 3 heteroatoms. The number of hydrogen-bond donors (Lipinski definition) is 1. The van der Waals surface area contributed by atoms with Crippen molar-refractivity contribution in [1.29, 1.82) is 0 Å². The molecule has 0 saturated heterocycles. The van der Waals surface area contributed by atoms with E-state index < -0.39 is 0 Å². The highest BCUT2D eigenvalue weighted by Gasteiger charge is 2.16. The molecule has 1 aliphatic carbocycles. The summed E-state index contributed by atoms with van der Waals surface area (Å²) in [5.74, 6) is 0. The molecule has 0 radical (unpaired) electrons. The van der Waals surface area contributed by atoms with E-state index in [0.29, 0.717) is 0 Å². The minimum atomic E-state index is 0.955. The summed E-state index contributed by atoms with van der Waals surface area (Å²) in [6.07, 6.45) is 5.10. The van der Waals surface area contributed by atoms with Crippen molar-refractivity contribution in [1.82, 2.24) is 0 Å². The lowest BCUT2D eigenvalue weighted by molar-refractivity contribution is 0.695. The lowest BCUT2D eigenvalue weighted by atomic mass is 10.00. The van der Waals surface area contributed by atoms with E-state index >= 15 is 0 Å². The van der Waals surface area contributed by atoms with Crippen LogP contribution in [0.25, 0.3) is 0 Å². The number of nitrogen functional groups attached to an aromatic ring is 1. The molecule has 0 aliphatic heterocycles. The molecule has 0 fully saturated rings. The molecule has 1 heterocycles. The Hall–Kier alpha value is -0.0200. The van der Waals surface area contributed by atoms with Crippen LogP contribution in [0, 0.1) is 0 Å². The highest BCUT2D eigenvalue weighted by molar-refractivity contribution is 9.10. The normalized spacial score (nSPS) is 16.5. The van der Waals surface area contributed by atoms with Gasteiger partial charge in [0.15, 0.2) is 0 Å². The van der Waals surface area contributed by atoms with Gasteiger partial charge in [-0.25, -0.2) is 0 Å². The largest absolute Gasteiger partial charge is 0.390 e. The second-order valence-corrected chi connectivity index (χ2v) is 4.82. The Labute approximate surface area is 78.7 Å². The summed E-state index contributed by atoms with van der Waals surface area (Å²) in [6, 6.07) is 0. The maximum atomic E-state index is 5.79. The first-order valence-electron chi connectivity index (χ1n) is 3.84. The monoisotopic (exact) mass is 231 g/mol. The van der Waals surface area contributed by atoms with Crippen LogP contribution in [0.4, 0.5) is 5.00 Å². The molecule has 0 unspecified atom stereocenters. The molecule has 11 heavy (non-hydrogen) atoms. The summed E-state index contributed by atoms with van der Waals surface area (Å²) in [5.41, 5.74) is 7.26. The van der Waals surface area contributed by atoms with Crippen molar-refractivity contribution < 1.29 is 0 Å². The van der Waals surface area contributed by atoms with Crippen molar-refractivity contribution >= 4 is 32.3 Å². The summed E-state index contributed by atoms with van der Waals surface area (Å²) in [4.78, 5) is 1.50. The fourth-order valence-electron chi connectivity index (χ4n) is 1.55. The Morgan fingerprint density at radius 1 is 1.27 bits per heavy atom. The first-order valence-corrected chi connectivity index (χ1v) is 5.45. The van der Waals surface area contributed by atoms with Crippen molar-refractivity contribution in [2.45, 2.75) is 25.7 Å². The number of halogens is 1. The lowest BCUT2D eigenvalue weighted by Gasteiger charge is -2.09. The van der Waals surface area contributed by atoms with Crippen LogP contribution in [0.15, 0.2) is 4.47 Å². The smallest absolute Gasteiger partial charge is 0.101 e. The highest BCUT2D eigenvalue weighted by Crippen LogP contribution is 2.39. The van der Waals surface area contributed by atoms with Crippen molar-refractivity contribution in [3.05, 3.63) is 14.9 Å². The topological polar surface area (TPSA) is 26.0 Å². The molecule has 60 valence electrons. The second kappa shape index (κ2) is 2.79. The van der Waals surface area contributed by atoms with Crippen molar-refractivity contribution in [3.63, 3.8) is 0 Å². The molecule has 0 atom stereocenters. The maximum Gasteiger partial charge on any atom is 0.101 e. The Balaban J connectivity index is 2.50. The first-order chi connectivity index (χ1) is 5.29. The zero-order valence-electron chi connectivity index (χ0n) is 6.19. The third-order valence-corrected chi connectivity index (χ3v) is 4.42. The van der Waals surface area contributed by atoms with Crippen LogP contribution in [0.2, 0.25) is 0 Å². The van der Waals surface area contributed by atoms with Gasteiger partial charge >= 0.3 is 0 Å². The Morgan fingerprint density at radius 2 is 2.00 bits per heavy atom. The predicted octanol–water partition coefficient (Wildman–Crippen LogP) is 2.97. The molecule has 0 amide bonds. The molecular formula is C8H10BrNS.